The van der Waals surface area contributed by atoms with E-state index in [2.05, 4.69) is 142 Å². The first-order chi connectivity index (χ1) is 24.9. The molecule has 0 atom stereocenters. The Labute approximate surface area is 326 Å². The molecular weight excluding hydrogens is 836 g/mol. The molecule has 272 valence electrons. The molecule has 0 radical (unpaired) electrons. The number of para-hydroxylation sites is 1. The minimum absolute atomic E-state index is 0. The molecule has 5 heterocycles. The molecule has 0 saturated heterocycles. The van der Waals surface area contributed by atoms with Crippen LogP contribution in [0.1, 0.15) is 78.0 Å². The van der Waals surface area contributed by atoms with Crippen molar-refractivity contribution in [3.05, 3.63) is 139 Å². The number of benzene rings is 3. The fourth-order valence-electron chi connectivity index (χ4n) is 6.84. The van der Waals surface area contributed by atoms with E-state index in [-0.39, 0.29) is 31.9 Å². The summed E-state index contributed by atoms with van der Waals surface area (Å²) in [7, 11) is 0. The van der Waals surface area contributed by atoms with Crippen molar-refractivity contribution in [1.29, 1.82) is 0 Å². The topological polar surface area (TPSA) is 59.3 Å². The number of rotatable bonds is 6. The number of pyridine rings is 3. The first kappa shape index (κ1) is 36.4. The molecular formula is C45H43N6OPt-3. The summed E-state index contributed by atoms with van der Waals surface area (Å²) in [6, 6.07) is 34.2. The predicted molar refractivity (Wildman–Crippen MR) is 211 cm³/mol. The van der Waals surface area contributed by atoms with Gasteiger partial charge in [-0.05, 0) is 69.2 Å². The van der Waals surface area contributed by atoms with Gasteiger partial charge < -0.3 is 19.1 Å². The zero-order valence-corrected chi connectivity index (χ0v) is 33.6. The Morgan fingerprint density at radius 3 is 2.28 bits per heavy atom. The maximum Gasteiger partial charge on any atom is 0.135 e. The molecule has 0 fully saturated rings. The summed E-state index contributed by atoms with van der Waals surface area (Å²) in [4.78, 5) is 18.6. The molecule has 0 unspecified atom stereocenters. The van der Waals surface area contributed by atoms with Crippen LogP contribution in [0, 0.1) is 18.8 Å². The molecule has 0 amide bonds. The van der Waals surface area contributed by atoms with E-state index >= 15 is 0 Å². The summed E-state index contributed by atoms with van der Waals surface area (Å²) < 4.78 is 8.71. The standard InChI is InChI=1S/C45H43N6O.Pt/c1-29(2)30-22-37(45(6,7)8)43(48-26-30)50-28-49(39-19-20-46-27-41(39)50)32-12-11-13-33(24-32)52-34-16-17-36-35-14-9-10-15-38(35)51(40(36)25-34)42-23-31(18-21-47-42)44(3,4)5;/h9-23,26-29H,1-8H3;/q-3;. The third kappa shape index (κ3) is 6.72. The van der Waals surface area contributed by atoms with Crippen molar-refractivity contribution in [1.82, 2.24) is 19.5 Å². The fraction of sp³-hybridized carbons (Fsp3) is 0.244. The van der Waals surface area contributed by atoms with Crippen molar-refractivity contribution >= 4 is 44.7 Å². The smallest absolute Gasteiger partial charge is 0.135 e. The Hall–Kier alpha value is -5.00. The first-order valence-electron chi connectivity index (χ1n) is 17.9. The second-order valence-corrected chi connectivity index (χ2v) is 15.9. The van der Waals surface area contributed by atoms with Crippen LogP contribution in [0.15, 0.2) is 104 Å². The van der Waals surface area contributed by atoms with E-state index in [9.17, 15) is 0 Å². The van der Waals surface area contributed by atoms with E-state index in [4.69, 9.17) is 14.7 Å². The van der Waals surface area contributed by atoms with Crippen LogP contribution in [0.3, 0.4) is 0 Å². The van der Waals surface area contributed by atoms with Gasteiger partial charge in [0.2, 0.25) is 0 Å². The Balaban J connectivity index is 0.00000435. The van der Waals surface area contributed by atoms with Crippen molar-refractivity contribution in [3.63, 3.8) is 0 Å². The summed E-state index contributed by atoms with van der Waals surface area (Å²) in [5.41, 5.74) is 8.24. The normalized spacial score (nSPS) is 13.2. The molecule has 0 N–H and O–H groups in total. The molecule has 0 aliphatic carbocycles. The van der Waals surface area contributed by atoms with E-state index in [0.29, 0.717) is 17.4 Å². The second-order valence-electron chi connectivity index (χ2n) is 15.9. The molecule has 3 aromatic carbocycles. The molecule has 8 rings (SSSR count). The van der Waals surface area contributed by atoms with Crippen LogP contribution in [-0.4, -0.2) is 19.5 Å². The number of ether oxygens (including phenoxy) is 1. The van der Waals surface area contributed by atoms with Gasteiger partial charge in [-0.15, -0.1) is 48.1 Å². The first-order valence-corrected chi connectivity index (χ1v) is 17.9. The molecule has 1 aliphatic heterocycles. The Morgan fingerprint density at radius 1 is 0.717 bits per heavy atom. The third-order valence-corrected chi connectivity index (χ3v) is 9.75. The Kier molecular flexibility index (Phi) is 9.44. The summed E-state index contributed by atoms with van der Waals surface area (Å²) >= 11 is 0. The number of nitrogens with zero attached hydrogens (tertiary/aromatic N) is 6. The van der Waals surface area contributed by atoms with Gasteiger partial charge in [0.25, 0.3) is 0 Å². The van der Waals surface area contributed by atoms with Crippen LogP contribution in [0.4, 0.5) is 22.9 Å². The van der Waals surface area contributed by atoms with E-state index in [1.165, 1.54) is 16.7 Å². The monoisotopic (exact) mass is 878 g/mol. The maximum absolute atomic E-state index is 6.53. The van der Waals surface area contributed by atoms with Crippen LogP contribution in [0.5, 0.6) is 11.5 Å². The van der Waals surface area contributed by atoms with Gasteiger partial charge >= 0.3 is 0 Å². The van der Waals surface area contributed by atoms with Crippen LogP contribution in [-0.2, 0) is 31.9 Å². The summed E-state index contributed by atoms with van der Waals surface area (Å²) in [5, 5.41) is 2.23. The van der Waals surface area contributed by atoms with Gasteiger partial charge in [0.1, 0.15) is 11.6 Å². The van der Waals surface area contributed by atoms with Gasteiger partial charge in [-0.25, -0.2) is 9.97 Å². The van der Waals surface area contributed by atoms with Crippen LogP contribution in [0.25, 0.3) is 27.6 Å². The van der Waals surface area contributed by atoms with Crippen molar-refractivity contribution < 1.29 is 25.8 Å². The number of aromatic nitrogens is 4. The van der Waals surface area contributed by atoms with Gasteiger partial charge in [0, 0.05) is 62.4 Å². The van der Waals surface area contributed by atoms with Crippen LogP contribution in [0.2, 0.25) is 0 Å². The molecule has 0 saturated carbocycles. The van der Waals surface area contributed by atoms with Gasteiger partial charge in [0.05, 0.1) is 11.9 Å². The fourth-order valence-corrected chi connectivity index (χ4v) is 6.84. The minimum atomic E-state index is -0.120. The largest absolute Gasteiger partial charge is 0.509 e. The van der Waals surface area contributed by atoms with Crippen molar-refractivity contribution in [2.45, 2.75) is 72.1 Å². The van der Waals surface area contributed by atoms with Gasteiger partial charge in [0.15, 0.2) is 0 Å². The number of hydrogen-bond donors (Lipinski definition) is 0. The van der Waals surface area contributed by atoms with Crippen molar-refractivity contribution in [3.8, 4) is 17.3 Å². The number of anilines is 4. The quantitative estimate of drug-likeness (QED) is 0.155. The Bertz CT molecular complexity index is 2460. The van der Waals surface area contributed by atoms with Crippen LogP contribution < -0.4 is 14.5 Å². The minimum Gasteiger partial charge on any atom is -0.509 e. The maximum atomic E-state index is 6.53. The summed E-state index contributed by atoms with van der Waals surface area (Å²) in [6.07, 6.45) is 7.60. The van der Waals surface area contributed by atoms with Gasteiger partial charge in [-0.2, -0.15) is 12.1 Å². The Morgan fingerprint density at radius 2 is 1.51 bits per heavy atom. The average Bonchev–Trinajstić information content (AvgIpc) is 3.67. The molecule has 7 aromatic rings. The predicted octanol–water partition coefficient (Wildman–Crippen LogP) is 11.5. The molecule has 0 bridgehead atoms. The summed E-state index contributed by atoms with van der Waals surface area (Å²) in [6.45, 7) is 19.8. The van der Waals surface area contributed by atoms with Gasteiger partial charge in [-0.1, -0.05) is 79.1 Å². The molecule has 1 aliphatic rings. The zero-order chi connectivity index (χ0) is 36.4. The van der Waals surface area contributed by atoms with Crippen molar-refractivity contribution in [2.75, 3.05) is 9.80 Å². The zero-order valence-electron chi connectivity index (χ0n) is 31.4. The third-order valence-electron chi connectivity index (χ3n) is 9.75. The number of hydrogen-bond acceptors (Lipinski definition) is 6. The molecule has 4 aromatic heterocycles. The van der Waals surface area contributed by atoms with E-state index in [0.717, 1.165) is 50.5 Å². The SMILES string of the molecule is CC(C)c1cnc(N2[CH-]N(c3[c-]c(Oc4[c-]c5c(cc4)c4ccccc4n5-c4cc(C(C)(C)C)ccn4)ccc3)c3ccncc32)c(C(C)(C)C)c1.[Pt]. The molecule has 53 heavy (non-hydrogen) atoms. The van der Waals surface area contributed by atoms with Crippen LogP contribution >= 0.6 is 0 Å². The van der Waals surface area contributed by atoms with E-state index < -0.39 is 0 Å². The van der Waals surface area contributed by atoms with Gasteiger partial charge in [-0.3, -0.25) is 4.98 Å². The molecule has 0 spiro atoms. The van der Waals surface area contributed by atoms with Crippen molar-refractivity contribution in [2.24, 2.45) is 0 Å². The second kappa shape index (κ2) is 13.8. The molecule has 7 nitrogen and oxygen atoms in total. The van der Waals surface area contributed by atoms with E-state index in [1.54, 1.807) is 0 Å². The molecule has 8 heteroatoms. The van der Waals surface area contributed by atoms with E-state index in [1.807, 2.05) is 55.1 Å². The average molecular weight is 879 g/mol. The summed E-state index contributed by atoms with van der Waals surface area (Å²) in [5.74, 6) is 3.30. The number of fused-ring (bicyclic) bond motifs is 4.